The van der Waals surface area contributed by atoms with Crippen molar-refractivity contribution in [2.75, 3.05) is 26.8 Å². The molecular weight excluding hydrogens is 290 g/mol. The smallest absolute Gasteiger partial charge is 0.260 e. The number of nitrogens with zero attached hydrogens (tertiary/aromatic N) is 1. The largest absolute Gasteiger partial charge is 0.493 e. The fourth-order valence-corrected chi connectivity index (χ4v) is 2.53. The molecule has 0 heterocycles. The standard InChI is InChI=1S/C19H27NO3/c1-4-6-15-9-10-17(18(12-15)22-3)23-14-19(21)20(11-5-2)13-16-7-8-16/h4,6,9-10,12,16H,5,7-8,11,13-14H2,1-3H3. The number of carbonyl (C=O) groups is 1. The van der Waals surface area contributed by atoms with Crippen LogP contribution in [0.25, 0.3) is 6.08 Å². The first-order valence-electron chi connectivity index (χ1n) is 8.39. The summed E-state index contributed by atoms with van der Waals surface area (Å²) >= 11 is 0. The fraction of sp³-hybridized carbons (Fsp3) is 0.526. The van der Waals surface area contributed by atoms with E-state index in [-0.39, 0.29) is 12.5 Å². The van der Waals surface area contributed by atoms with Crippen LogP contribution >= 0.6 is 0 Å². The third-order valence-electron chi connectivity index (χ3n) is 3.92. The highest BCUT2D eigenvalue weighted by Crippen LogP contribution is 2.30. The van der Waals surface area contributed by atoms with Gasteiger partial charge in [0.1, 0.15) is 0 Å². The van der Waals surface area contributed by atoms with E-state index in [9.17, 15) is 4.79 Å². The molecule has 0 unspecified atom stereocenters. The van der Waals surface area contributed by atoms with Crippen LogP contribution in [0.2, 0.25) is 0 Å². The number of carbonyl (C=O) groups excluding carboxylic acids is 1. The number of amides is 1. The van der Waals surface area contributed by atoms with E-state index in [4.69, 9.17) is 9.47 Å². The summed E-state index contributed by atoms with van der Waals surface area (Å²) in [7, 11) is 1.61. The first kappa shape index (κ1) is 17.4. The van der Waals surface area contributed by atoms with E-state index >= 15 is 0 Å². The van der Waals surface area contributed by atoms with Gasteiger partial charge in [-0.05, 0) is 49.8 Å². The third kappa shape index (κ3) is 5.31. The highest BCUT2D eigenvalue weighted by Gasteiger charge is 2.26. The van der Waals surface area contributed by atoms with Crippen molar-refractivity contribution in [3.8, 4) is 11.5 Å². The second-order valence-electron chi connectivity index (χ2n) is 5.98. The lowest BCUT2D eigenvalue weighted by atomic mass is 10.2. The van der Waals surface area contributed by atoms with E-state index in [2.05, 4.69) is 6.92 Å². The monoisotopic (exact) mass is 317 g/mol. The van der Waals surface area contributed by atoms with Crippen molar-refractivity contribution in [1.29, 1.82) is 0 Å². The second kappa shape index (κ2) is 8.61. The summed E-state index contributed by atoms with van der Waals surface area (Å²) in [5.41, 5.74) is 1.05. The number of benzene rings is 1. The molecule has 1 amide bonds. The zero-order valence-electron chi connectivity index (χ0n) is 14.4. The summed E-state index contributed by atoms with van der Waals surface area (Å²) in [6.07, 6.45) is 7.43. The Balaban J connectivity index is 1.96. The van der Waals surface area contributed by atoms with E-state index in [0.29, 0.717) is 17.4 Å². The molecule has 0 bridgehead atoms. The average Bonchev–Trinajstić information content (AvgIpc) is 3.37. The van der Waals surface area contributed by atoms with Crippen LogP contribution in [0.3, 0.4) is 0 Å². The van der Waals surface area contributed by atoms with Gasteiger partial charge in [-0.15, -0.1) is 0 Å². The summed E-state index contributed by atoms with van der Waals surface area (Å²) in [5.74, 6) is 2.01. The molecule has 126 valence electrons. The SMILES string of the molecule is CC=Cc1ccc(OCC(=O)N(CCC)CC2CC2)c(OC)c1. The first-order valence-corrected chi connectivity index (χ1v) is 8.39. The lowest BCUT2D eigenvalue weighted by Gasteiger charge is -2.22. The molecule has 0 saturated heterocycles. The predicted octanol–water partition coefficient (Wildman–Crippen LogP) is 3.76. The van der Waals surface area contributed by atoms with Gasteiger partial charge in [0.15, 0.2) is 18.1 Å². The van der Waals surface area contributed by atoms with Gasteiger partial charge in [-0.25, -0.2) is 0 Å². The zero-order chi connectivity index (χ0) is 16.7. The van der Waals surface area contributed by atoms with Crippen LogP contribution in [-0.2, 0) is 4.79 Å². The number of ether oxygens (including phenoxy) is 2. The molecule has 0 aliphatic heterocycles. The van der Waals surface area contributed by atoms with Gasteiger partial charge in [0.05, 0.1) is 7.11 Å². The Morgan fingerprint density at radius 2 is 2.13 bits per heavy atom. The fourth-order valence-electron chi connectivity index (χ4n) is 2.53. The van der Waals surface area contributed by atoms with Crippen molar-refractivity contribution >= 4 is 12.0 Å². The van der Waals surface area contributed by atoms with Crippen LogP contribution in [0, 0.1) is 5.92 Å². The Morgan fingerprint density at radius 3 is 2.74 bits per heavy atom. The summed E-state index contributed by atoms with van der Waals surface area (Å²) in [4.78, 5) is 14.3. The van der Waals surface area contributed by atoms with Crippen molar-refractivity contribution in [2.24, 2.45) is 5.92 Å². The van der Waals surface area contributed by atoms with Crippen LogP contribution in [0.4, 0.5) is 0 Å². The van der Waals surface area contributed by atoms with Gasteiger partial charge in [0.2, 0.25) is 0 Å². The van der Waals surface area contributed by atoms with Crippen LogP contribution in [0.5, 0.6) is 11.5 Å². The van der Waals surface area contributed by atoms with Crippen LogP contribution in [0.1, 0.15) is 38.7 Å². The molecule has 0 spiro atoms. The zero-order valence-corrected chi connectivity index (χ0v) is 14.4. The minimum Gasteiger partial charge on any atom is -0.493 e. The summed E-state index contributed by atoms with van der Waals surface area (Å²) in [5, 5.41) is 0. The predicted molar refractivity (Wildman–Crippen MR) is 92.8 cm³/mol. The molecule has 0 aromatic heterocycles. The maximum Gasteiger partial charge on any atom is 0.260 e. The second-order valence-corrected chi connectivity index (χ2v) is 5.98. The Bertz CT molecular complexity index is 550. The molecule has 0 N–H and O–H groups in total. The van der Waals surface area contributed by atoms with E-state index in [1.165, 1.54) is 12.8 Å². The van der Waals surface area contributed by atoms with Crippen molar-refractivity contribution < 1.29 is 14.3 Å². The Kier molecular flexibility index (Phi) is 6.51. The normalized spacial score (nSPS) is 14.0. The van der Waals surface area contributed by atoms with E-state index < -0.39 is 0 Å². The van der Waals surface area contributed by atoms with Crippen molar-refractivity contribution in [3.05, 3.63) is 29.8 Å². The lowest BCUT2D eigenvalue weighted by Crippen LogP contribution is -2.37. The van der Waals surface area contributed by atoms with Gasteiger partial charge in [0.25, 0.3) is 5.91 Å². The topological polar surface area (TPSA) is 38.8 Å². The highest BCUT2D eigenvalue weighted by molar-refractivity contribution is 5.78. The van der Waals surface area contributed by atoms with Gasteiger partial charge >= 0.3 is 0 Å². The average molecular weight is 317 g/mol. The van der Waals surface area contributed by atoms with Gasteiger partial charge in [0, 0.05) is 13.1 Å². The molecule has 4 heteroatoms. The number of hydrogen-bond donors (Lipinski definition) is 0. The van der Waals surface area contributed by atoms with E-state index in [0.717, 1.165) is 25.1 Å². The molecule has 1 aliphatic carbocycles. The van der Waals surface area contributed by atoms with Crippen LogP contribution in [0.15, 0.2) is 24.3 Å². The van der Waals surface area contributed by atoms with Gasteiger partial charge < -0.3 is 14.4 Å². The van der Waals surface area contributed by atoms with Gasteiger partial charge in [-0.3, -0.25) is 4.79 Å². The summed E-state index contributed by atoms with van der Waals surface area (Å²) < 4.78 is 11.1. The lowest BCUT2D eigenvalue weighted by molar-refractivity contribution is -0.133. The molecule has 1 aromatic rings. The van der Waals surface area contributed by atoms with Crippen LogP contribution in [-0.4, -0.2) is 37.6 Å². The molecule has 0 radical (unpaired) electrons. The van der Waals surface area contributed by atoms with Gasteiger partial charge in [-0.1, -0.05) is 25.1 Å². The maximum atomic E-state index is 12.4. The summed E-state index contributed by atoms with van der Waals surface area (Å²) in [6.45, 7) is 5.80. The maximum absolute atomic E-state index is 12.4. The third-order valence-corrected chi connectivity index (χ3v) is 3.92. The number of methoxy groups -OCH3 is 1. The Hall–Kier alpha value is -1.97. The minimum atomic E-state index is 0.0540. The minimum absolute atomic E-state index is 0.0540. The molecule has 0 atom stereocenters. The quantitative estimate of drug-likeness (QED) is 0.696. The molecule has 1 aromatic carbocycles. The number of rotatable bonds is 9. The molecule has 1 aliphatic rings. The van der Waals surface area contributed by atoms with E-state index in [1.807, 2.05) is 42.2 Å². The Morgan fingerprint density at radius 1 is 1.35 bits per heavy atom. The molecular formula is C19H27NO3. The Labute approximate surface area is 139 Å². The summed E-state index contributed by atoms with van der Waals surface area (Å²) in [6, 6.07) is 5.72. The molecule has 1 fully saturated rings. The molecule has 2 rings (SSSR count). The number of allylic oxidation sites excluding steroid dienone is 1. The highest BCUT2D eigenvalue weighted by atomic mass is 16.5. The molecule has 23 heavy (non-hydrogen) atoms. The van der Waals surface area contributed by atoms with E-state index in [1.54, 1.807) is 7.11 Å². The first-order chi connectivity index (χ1) is 11.2. The van der Waals surface area contributed by atoms with Crippen LogP contribution < -0.4 is 9.47 Å². The van der Waals surface area contributed by atoms with Crippen molar-refractivity contribution in [3.63, 3.8) is 0 Å². The van der Waals surface area contributed by atoms with Crippen molar-refractivity contribution in [2.45, 2.75) is 33.1 Å². The van der Waals surface area contributed by atoms with Gasteiger partial charge in [-0.2, -0.15) is 0 Å². The van der Waals surface area contributed by atoms with Crippen molar-refractivity contribution in [1.82, 2.24) is 4.90 Å². The molecule has 1 saturated carbocycles. The number of hydrogen-bond acceptors (Lipinski definition) is 3. The molecule has 4 nitrogen and oxygen atoms in total.